The summed E-state index contributed by atoms with van der Waals surface area (Å²) in [7, 11) is 0. The molecule has 13 heavy (non-hydrogen) atoms. The third-order valence-corrected chi connectivity index (χ3v) is 2.55. The molecule has 2 nitrogen and oxygen atoms in total. The minimum atomic E-state index is -0.223. The molecule has 0 unspecified atom stereocenters. The second kappa shape index (κ2) is 4.97. The molecule has 1 aliphatic heterocycles. The van der Waals surface area contributed by atoms with Crippen LogP contribution in [0.4, 0.5) is 0 Å². The number of ether oxygens (including phenoxy) is 2. The van der Waals surface area contributed by atoms with E-state index in [4.69, 9.17) is 9.47 Å². The molecule has 1 saturated heterocycles. The lowest BCUT2D eigenvalue weighted by Gasteiger charge is -2.27. The van der Waals surface area contributed by atoms with E-state index in [9.17, 15) is 0 Å². The highest BCUT2D eigenvalue weighted by atomic mass is 16.7. The smallest absolute Gasteiger partial charge is 0.168 e. The van der Waals surface area contributed by atoms with Gasteiger partial charge in [-0.3, -0.25) is 0 Å². The van der Waals surface area contributed by atoms with Crippen LogP contribution in [0.25, 0.3) is 0 Å². The average molecular weight is 186 g/mol. The standard InChI is InChI=1S/C11H22O2/c1-4-6-11(7-5-10(2)3)12-8-9-13-11/h10H,4-9H2,1-3H3. The van der Waals surface area contributed by atoms with Crippen molar-refractivity contribution in [3.05, 3.63) is 0 Å². The third-order valence-electron chi connectivity index (χ3n) is 2.55. The Hall–Kier alpha value is -0.0800. The van der Waals surface area contributed by atoms with E-state index in [0.29, 0.717) is 0 Å². The van der Waals surface area contributed by atoms with Crippen molar-refractivity contribution in [3.8, 4) is 0 Å². The van der Waals surface area contributed by atoms with Gasteiger partial charge in [0.1, 0.15) is 0 Å². The molecule has 0 aromatic rings. The highest BCUT2D eigenvalue weighted by Gasteiger charge is 2.34. The molecule has 0 aliphatic carbocycles. The van der Waals surface area contributed by atoms with E-state index in [0.717, 1.165) is 38.4 Å². The zero-order valence-corrected chi connectivity index (χ0v) is 9.14. The molecule has 0 saturated carbocycles. The Morgan fingerprint density at radius 1 is 1.15 bits per heavy atom. The van der Waals surface area contributed by atoms with E-state index in [-0.39, 0.29) is 5.79 Å². The van der Waals surface area contributed by atoms with Crippen molar-refractivity contribution in [1.29, 1.82) is 0 Å². The summed E-state index contributed by atoms with van der Waals surface area (Å²) >= 11 is 0. The highest BCUT2D eigenvalue weighted by Crippen LogP contribution is 2.31. The summed E-state index contributed by atoms with van der Waals surface area (Å²) in [6, 6.07) is 0. The summed E-state index contributed by atoms with van der Waals surface area (Å²) in [5.74, 6) is 0.514. The van der Waals surface area contributed by atoms with Gasteiger partial charge < -0.3 is 9.47 Å². The molecular weight excluding hydrogens is 164 g/mol. The minimum absolute atomic E-state index is 0.223. The number of hydrogen-bond donors (Lipinski definition) is 0. The van der Waals surface area contributed by atoms with Gasteiger partial charge in [-0.2, -0.15) is 0 Å². The summed E-state index contributed by atoms with van der Waals surface area (Å²) < 4.78 is 11.4. The van der Waals surface area contributed by atoms with Crippen molar-refractivity contribution in [2.45, 2.75) is 52.2 Å². The predicted octanol–water partition coefficient (Wildman–Crippen LogP) is 2.97. The van der Waals surface area contributed by atoms with Crippen molar-refractivity contribution >= 4 is 0 Å². The molecule has 0 spiro atoms. The fourth-order valence-electron chi connectivity index (χ4n) is 1.80. The molecule has 2 heteroatoms. The molecule has 0 amide bonds. The van der Waals surface area contributed by atoms with Crippen LogP contribution in [0.3, 0.4) is 0 Å². The number of rotatable bonds is 5. The van der Waals surface area contributed by atoms with E-state index < -0.39 is 0 Å². The summed E-state index contributed by atoms with van der Waals surface area (Å²) in [4.78, 5) is 0. The Morgan fingerprint density at radius 2 is 1.77 bits per heavy atom. The normalized spacial score (nSPS) is 21.2. The Labute approximate surface area is 81.6 Å². The van der Waals surface area contributed by atoms with Crippen LogP contribution in [0, 0.1) is 5.92 Å². The van der Waals surface area contributed by atoms with Crippen LogP contribution in [0.15, 0.2) is 0 Å². The van der Waals surface area contributed by atoms with Crippen LogP contribution in [0.1, 0.15) is 46.5 Å². The van der Waals surface area contributed by atoms with E-state index in [1.54, 1.807) is 0 Å². The molecule has 0 N–H and O–H groups in total. The molecule has 1 aliphatic rings. The third kappa shape index (κ3) is 3.28. The first-order valence-corrected chi connectivity index (χ1v) is 5.46. The van der Waals surface area contributed by atoms with Gasteiger partial charge in [0.15, 0.2) is 5.79 Å². The van der Waals surface area contributed by atoms with Crippen LogP contribution in [0.2, 0.25) is 0 Å². The minimum Gasteiger partial charge on any atom is -0.348 e. The second-order valence-corrected chi connectivity index (χ2v) is 4.29. The average Bonchev–Trinajstić information content (AvgIpc) is 2.51. The monoisotopic (exact) mass is 186 g/mol. The van der Waals surface area contributed by atoms with Gasteiger partial charge >= 0.3 is 0 Å². The Kier molecular flexibility index (Phi) is 4.20. The molecule has 1 heterocycles. The highest BCUT2D eigenvalue weighted by molar-refractivity contribution is 4.74. The lowest BCUT2D eigenvalue weighted by molar-refractivity contribution is -0.169. The van der Waals surface area contributed by atoms with Crippen molar-refractivity contribution in [3.63, 3.8) is 0 Å². The molecule has 0 atom stereocenters. The van der Waals surface area contributed by atoms with Gasteiger partial charge in [-0.15, -0.1) is 0 Å². The van der Waals surface area contributed by atoms with Gasteiger partial charge in [0.05, 0.1) is 13.2 Å². The van der Waals surface area contributed by atoms with Gasteiger partial charge in [0, 0.05) is 12.8 Å². The van der Waals surface area contributed by atoms with Crippen molar-refractivity contribution in [2.75, 3.05) is 13.2 Å². The van der Waals surface area contributed by atoms with Gasteiger partial charge in [-0.05, 0) is 12.3 Å². The quantitative estimate of drug-likeness (QED) is 0.657. The molecule has 1 fully saturated rings. The Balaban J connectivity index is 2.37. The van der Waals surface area contributed by atoms with Crippen LogP contribution in [0.5, 0.6) is 0 Å². The Bertz CT molecular complexity index is 137. The topological polar surface area (TPSA) is 18.5 Å². The first-order valence-electron chi connectivity index (χ1n) is 5.46. The van der Waals surface area contributed by atoms with Gasteiger partial charge in [0.2, 0.25) is 0 Å². The maximum absolute atomic E-state index is 5.71. The maximum atomic E-state index is 5.71. The van der Waals surface area contributed by atoms with Crippen LogP contribution >= 0.6 is 0 Å². The zero-order chi connectivity index (χ0) is 9.73. The van der Waals surface area contributed by atoms with E-state index in [2.05, 4.69) is 20.8 Å². The summed E-state index contributed by atoms with van der Waals surface area (Å²) in [5, 5.41) is 0. The fourth-order valence-corrected chi connectivity index (χ4v) is 1.80. The lowest BCUT2D eigenvalue weighted by atomic mass is 9.99. The fraction of sp³-hybridized carbons (Fsp3) is 1.00. The van der Waals surface area contributed by atoms with Crippen molar-refractivity contribution in [2.24, 2.45) is 5.92 Å². The number of hydrogen-bond acceptors (Lipinski definition) is 2. The van der Waals surface area contributed by atoms with Gasteiger partial charge in [-0.25, -0.2) is 0 Å². The van der Waals surface area contributed by atoms with E-state index in [1.807, 2.05) is 0 Å². The molecule has 0 bridgehead atoms. The van der Waals surface area contributed by atoms with Crippen molar-refractivity contribution < 1.29 is 9.47 Å². The zero-order valence-electron chi connectivity index (χ0n) is 9.14. The largest absolute Gasteiger partial charge is 0.348 e. The molecule has 1 rings (SSSR count). The van der Waals surface area contributed by atoms with Crippen LogP contribution in [-0.4, -0.2) is 19.0 Å². The molecule has 0 aromatic carbocycles. The molecular formula is C11H22O2. The van der Waals surface area contributed by atoms with Crippen LogP contribution in [-0.2, 0) is 9.47 Å². The first kappa shape index (κ1) is 11.0. The lowest BCUT2D eigenvalue weighted by Crippen LogP contribution is -2.30. The summed E-state index contributed by atoms with van der Waals surface area (Å²) in [5.41, 5.74) is 0. The van der Waals surface area contributed by atoms with E-state index in [1.165, 1.54) is 6.42 Å². The summed E-state index contributed by atoms with van der Waals surface area (Å²) in [6.07, 6.45) is 4.43. The molecule has 78 valence electrons. The molecule has 0 radical (unpaired) electrons. The second-order valence-electron chi connectivity index (χ2n) is 4.29. The van der Waals surface area contributed by atoms with Gasteiger partial charge in [-0.1, -0.05) is 27.2 Å². The van der Waals surface area contributed by atoms with E-state index >= 15 is 0 Å². The van der Waals surface area contributed by atoms with Crippen molar-refractivity contribution in [1.82, 2.24) is 0 Å². The first-order chi connectivity index (χ1) is 6.18. The summed E-state index contributed by atoms with van der Waals surface area (Å²) in [6.45, 7) is 8.22. The Morgan fingerprint density at radius 3 is 2.23 bits per heavy atom. The van der Waals surface area contributed by atoms with Gasteiger partial charge in [0.25, 0.3) is 0 Å². The predicted molar refractivity (Wildman–Crippen MR) is 53.6 cm³/mol. The van der Waals surface area contributed by atoms with Crippen LogP contribution < -0.4 is 0 Å². The SMILES string of the molecule is CCCC1(CCC(C)C)OCCO1. The maximum Gasteiger partial charge on any atom is 0.168 e. The molecule has 0 aromatic heterocycles.